The topological polar surface area (TPSA) is 153 Å². The maximum absolute atomic E-state index is 11.7. The van der Waals surface area contributed by atoms with Gasteiger partial charge in [0.05, 0.1) is 0 Å². The molecule has 0 atom stereocenters. The highest BCUT2D eigenvalue weighted by molar-refractivity contribution is 6.04. The Hall–Kier alpha value is -3.69. The van der Waals surface area contributed by atoms with Crippen molar-refractivity contribution in [3.63, 3.8) is 0 Å². The van der Waals surface area contributed by atoms with E-state index in [2.05, 4.69) is 4.98 Å². The Morgan fingerprint density at radius 1 is 0.870 bits per heavy atom. The summed E-state index contributed by atoms with van der Waals surface area (Å²) in [5.41, 5.74) is 2.11. The molecule has 0 radical (unpaired) electrons. The van der Waals surface area contributed by atoms with Crippen LogP contribution in [0.3, 0.4) is 0 Å². The van der Waals surface area contributed by atoms with E-state index in [-0.39, 0.29) is 11.3 Å². The average molecular weight is 317 g/mol. The molecule has 10 nitrogen and oxygen atoms in total. The summed E-state index contributed by atoms with van der Waals surface area (Å²) in [6.07, 6.45) is 0. The van der Waals surface area contributed by atoms with E-state index in [1.165, 1.54) is 12.1 Å². The number of carbonyl (C=O) groups is 3. The summed E-state index contributed by atoms with van der Waals surface area (Å²) in [6.45, 7) is 0. The second-order valence-corrected chi connectivity index (χ2v) is 4.23. The zero-order chi connectivity index (χ0) is 16.8. The summed E-state index contributed by atoms with van der Waals surface area (Å²) in [5.74, 6) is -1.60. The van der Waals surface area contributed by atoms with Crippen LogP contribution < -0.4 is 27.4 Å². The number of rotatable bonds is 2. The molecule has 0 aliphatic heterocycles. The van der Waals surface area contributed by atoms with Gasteiger partial charge in [-0.15, -0.1) is 0 Å². The van der Waals surface area contributed by atoms with Crippen LogP contribution >= 0.6 is 0 Å². The predicted octanol–water partition coefficient (Wildman–Crippen LogP) is -1.15. The molecule has 1 aromatic heterocycles. The number of aromatic amines is 2. The molecular formula is C13H11N5O5. The van der Waals surface area contributed by atoms with Crippen molar-refractivity contribution in [1.82, 2.24) is 26.1 Å². The van der Waals surface area contributed by atoms with Crippen LogP contribution in [-0.4, -0.2) is 27.8 Å². The van der Waals surface area contributed by atoms with Crippen LogP contribution in [0.2, 0.25) is 0 Å². The molecule has 0 spiro atoms. The van der Waals surface area contributed by atoms with E-state index in [1.54, 1.807) is 18.2 Å². The van der Waals surface area contributed by atoms with E-state index in [0.717, 1.165) is 6.07 Å². The fraction of sp³-hybridized carbons (Fsp3) is 0. The molecular weight excluding hydrogens is 306 g/mol. The van der Waals surface area contributed by atoms with Gasteiger partial charge in [0.15, 0.2) is 0 Å². The SMILES string of the molecule is O=C(NNC(=O)c1cc(=O)[nH]c(=O)[nH]1)NC(=O)c1ccccc1. The number of imide groups is 1. The number of H-pyrrole nitrogens is 2. The minimum absolute atomic E-state index is 0.257. The highest BCUT2D eigenvalue weighted by atomic mass is 16.2. The monoisotopic (exact) mass is 317 g/mol. The number of urea groups is 1. The number of aromatic nitrogens is 2. The van der Waals surface area contributed by atoms with Crippen molar-refractivity contribution in [3.8, 4) is 0 Å². The third-order valence-corrected chi connectivity index (χ3v) is 2.56. The van der Waals surface area contributed by atoms with Crippen molar-refractivity contribution in [2.45, 2.75) is 0 Å². The maximum Gasteiger partial charge on any atom is 0.340 e. The van der Waals surface area contributed by atoms with E-state index in [9.17, 15) is 24.0 Å². The van der Waals surface area contributed by atoms with E-state index >= 15 is 0 Å². The van der Waals surface area contributed by atoms with Crippen molar-refractivity contribution in [2.24, 2.45) is 0 Å². The van der Waals surface area contributed by atoms with Gasteiger partial charge in [0.2, 0.25) is 0 Å². The van der Waals surface area contributed by atoms with Crippen LogP contribution in [0, 0.1) is 0 Å². The van der Waals surface area contributed by atoms with Crippen LogP contribution in [0.4, 0.5) is 4.79 Å². The third-order valence-electron chi connectivity index (χ3n) is 2.56. The van der Waals surface area contributed by atoms with E-state index < -0.39 is 29.1 Å². The number of amides is 4. The molecule has 5 N–H and O–H groups in total. The number of carbonyl (C=O) groups excluding carboxylic acids is 3. The summed E-state index contributed by atoms with van der Waals surface area (Å²) >= 11 is 0. The molecule has 4 amide bonds. The number of hydrazine groups is 1. The quantitative estimate of drug-likeness (QED) is 0.443. The molecule has 23 heavy (non-hydrogen) atoms. The summed E-state index contributed by atoms with van der Waals surface area (Å²) in [6, 6.07) is 7.81. The lowest BCUT2D eigenvalue weighted by Gasteiger charge is -2.08. The van der Waals surface area contributed by atoms with Crippen LogP contribution in [0.25, 0.3) is 0 Å². The van der Waals surface area contributed by atoms with Crippen LogP contribution in [0.5, 0.6) is 0 Å². The first kappa shape index (κ1) is 15.7. The Morgan fingerprint density at radius 2 is 1.57 bits per heavy atom. The first-order valence-corrected chi connectivity index (χ1v) is 6.26. The Balaban J connectivity index is 1.91. The zero-order valence-electron chi connectivity index (χ0n) is 11.5. The standard InChI is InChI=1S/C13H11N5O5/c19-9-6-8(14-12(22)15-9)11(21)17-18-13(23)16-10(20)7-4-2-1-3-5-7/h1-6H,(H,17,21)(H2,14,15,19,22)(H2,16,18,20,23). The minimum Gasteiger partial charge on any atom is -0.303 e. The summed E-state index contributed by atoms with van der Waals surface area (Å²) in [5, 5.41) is 1.98. The highest BCUT2D eigenvalue weighted by Gasteiger charge is 2.12. The van der Waals surface area contributed by atoms with Gasteiger partial charge in [0, 0.05) is 11.6 Å². The molecule has 0 saturated heterocycles. The molecule has 2 aromatic rings. The largest absolute Gasteiger partial charge is 0.340 e. The van der Waals surface area contributed by atoms with Crippen molar-refractivity contribution in [2.75, 3.05) is 0 Å². The van der Waals surface area contributed by atoms with Crippen LogP contribution in [0.1, 0.15) is 20.8 Å². The Bertz CT molecular complexity index is 827. The smallest absolute Gasteiger partial charge is 0.303 e. The lowest BCUT2D eigenvalue weighted by atomic mass is 10.2. The van der Waals surface area contributed by atoms with Crippen molar-refractivity contribution in [1.29, 1.82) is 0 Å². The second-order valence-electron chi connectivity index (χ2n) is 4.23. The lowest BCUT2D eigenvalue weighted by Crippen LogP contribution is -2.49. The Morgan fingerprint density at radius 3 is 2.22 bits per heavy atom. The van der Waals surface area contributed by atoms with Crippen molar-refractivity contribution in [3.05, 3.63) is 68.5 Å². The first-order chi connectivity index (χ1) is 11.0. The number of hydrogen-bond donors (Lipinski definition) is 5. The molecule has 118 valence electrons. The molecule has 0 fully saturated rings. The van der Waals surface area contributed by atoms with E-state index in [4.69, 9.17) is 0 Å². The Labute approximate surface area is 127 Å². The minimum atomic E-state index is -0.987. The Kier molecular flexibility index (Phi) is 4.67. The summed E-state index contributed by atoms with van der Waals surface area (Å²) < 4.78 is 0. The summed E-state index contributed by atoms with van der Waals surface area (Å²) in [7, 11) is 0. The fourth-order valence-electron chi connectivity index (χ4n) is 1.57. The fourth-order valence-corrected chi connectivity index (χ4v) is 1.57. The van der Waals surface area contributed by atoms with Crippen molar-refractivity contribution >= 4 is 17.8 Å². The number of hydrogen-bond acceptors (Lipinski definition) is 5. The third kappa shape index (κ3) is 4.39. The van der Waals surface area contributed by atoms with Gasteiger partial charge in [0.25, 0.3) is 17.4 Å². The van der Waals surface area contributed by atoms with Gasteiger partial charge in [-0.25, -0.2) is 15.0 Å². The summed E-state index contributed by atoms with van der Waals surface area (Å²) in [4.78, 5) is 60.9. The van der Waals surface area contributed by atoms with Gasteiger partial charge < -0.3 is 4.98 Å². The zero-order valence-corrected chi connectivity index (χ0v) is 11.5. The van der Waals surface area contributed by atoms with E-state index in [1.807, 2.05) is 21.2 Å². The highest BCUT2D eigenvalue weighted by Crippen LogP contribution is 1.97. The van der Waals surface area contributed by atoms with Gasteiger partial charge in [-0.3, -0.25) is 30.1 Å². The second kappa shape index (κ2) is 6.85. The lowest BCUT2D eigenvalue weighted by molar-refractivity contribution is 0.0914. The van der Waals surface area contributed by atoms with Crippen LogP contribution in [-0.2, 0) is 0 Å². The molecule has 0 aliphatic rings. The van der Waals surface area contributed by atoms with Crippen molar-refractivity contribution < 1.29 is 14.4 Å². The predicted molar refractivity (Wildman–Crippen MR) is 77.6 cm³/mol. The van der Waals surface area contributed by atoms with Gasteiger partial charge in [0.1, 0.15) is 5.69 Å². The normalized spacial score (nSPS) is 9.74. The first-order valence-electron chi connectivity index (χ1n) is 6.26. The number of nitrogens with one attached hydrogen (secondary N) is 5. The average Bonchev–Trinajstić information content (AvgIpc) is 2.52. The van der Waals surface area contributed by atoms with Gasteiger partial charge >= 0.3 is 11.7 Å². The molecule has 0 bridgehead atoms. The molecule has 1 heterocycles. The van der Waals surface area contributed by atoms with Gasteiger partial charge in [-0.2, -0.15) is 0 Å². The molecule has 0 unspecified atom stereocenters. The van der Waals surface area contributed by atoms with Gasteiger partial charge in [-0.1, -0.05) is 18.2 Å². The number of benzene rings is 1. The molecule has 2 rings (SSSR count). The molecule has 0 saturated carbocycles. The molecule has 0 aliphatic carbocycles. The van der Waals surface area contributed by atoms with Gasteiger partial charge in [-0.05, 0) is 12.1 Å². The molecule has 10 heteroatoms. The molecule has 1 aromatic carbocycles. The maximum atomic E-state index is 11.7. The van der Waals surface area contributed by atoms with E-state index in [0.29, 0.717) is 0 Å². The van der Waals surface area contributed by atoms with Crippen LogP contribution in [0.15, 0.2) is 46.0 Å².